The zero-order valence-corrected chi connectivity index (χ0v) is 17.7. The molecule has 0 aromatic carbocycles. The summed E-state index contributed by atoms with van der Waals surface area (Å²) in [5.74, 6) is -3.84. The van der Waals surface area contributed by atoms with Crippen molar-refractivity contribution in [2.24, 2.45) is 11.7 Å². The fourth-order valence-electron chi connectivity index (χ4n) is 2.18. The van der Waals surface area contributed by atoms with Crippen molar-refractivity contribution in [1.82, 2.24) is 21.3 Å². The van der Waals surface area contributed by atoms with Crippen LogP contribution in [-0.4, -0.2) is 64.9 Å². The first-order valence-corrected chi connectivity index (χ1v) is 9.51. The van der Waals surface area contributed by atoms with Crippen molar-refractivity contribution in [3.05, 3.63) is 0 Å². The van der Waals surface area contributed by atoms with E-state index in [1.807, 2.05) is 0 Å². The number of carboxylic acids is 1. The molecular formula is C18H33N5O6. The summed E-state index contributed by atoms with van der Waals surface area (Å²) in [6, 6.07) is -4.76. The van der Waals surface area contributed by atoms with Crippen LogP contribution >= 0.6 is 0 Å². The Labute approximate surface area is 170 Å². The number of hydrogen-bond donors (Lipinski definition) is 6. The maximum Gasteiger partial charge on any atom is 0.326 e. The Balaban J connectivity index is 4.72. The summed E-state index contributed by atoms with van der Waals surface area (Å²) in [6.45, 7) is 9.24. The molecule has 6 atom stereocenters. The minimum absolute atomic E-state index is 0.287. The summed E-state index contributed by atoms with van der Waals surface area (Å²) in [4.78, 5) is 59.3. The van der Waals surface area contributed by atoms with E-state index >= 15 is 0 Å². The SMILES string of the molecule is CC[C@H](C)[C@H](NC(=O)[C@H](C)NC(=O)[C@H](C)NC(=O)[C@H](C)NC(=O)[C@H](C)N)C(=O)O. The molecule has 0 unspecified atom stereocenters. The van der Waals surface area contributed by atoms with Gasteiger partial charge in [-0.2, -0.15) is 0 Å². The minimum atomic E-state index is -1.16. The second-order valence-corrected chi connectivity index (χ2v) is 7.19. The number of carbonyl (C=O) groups excluding carboxylic acids is 4. The van der Waals surface area contributed by atoms with Gasteiger partial charge in [-0.3, -0.25) is 19.2 Å². The standard InChI is InChI=1S/C18H33N5O6/c1-7-8(2)13(18(28)29)23-17(27)12(6)22-16(26)11(5)21-15(25)10(4)20-14(24)9(3)19/h8-13H,7,19H2,1-6H3,(H,20,24)(H,21,25)(H,22,26)(H,23,27)(H,28,29)/t8-,9-,10-,11-,12-,13-/m0/s1. The molecule has 7 N–H and O–H groups in total. The topological polar surface area (TPSA) is 180 Å². The van der Waals surface area contributed by atoms with E-state index in [2.05, 4.69) is 21.3 Å². The molecule has 0 aromatic rings. The third kappa shape index (κ3) is 8.90. The molecule has 0 aromatic heterocycles. The molecule has 0 saturated carbocycles. The molecule has 11 heteroatoms. The Bertz CT molecular complexity index is 624. The average molecular weight is 415 g/mol. The fraction of sp³-hybridized carbons (Fsp3) is 0.722. The second-order valence-electron chi connectivity index (χ2n) is 7.19. The predicted octanol–water partition coefficient (Wildman–Crippen LogP) is -1.54. The smallest absolute Gasteiger partial charge is 0.326 e. The van der Waals surface area contributed by atoms with Gasteiger partial charge >= 0.3 is 5.97 Å². The zero-order chi connectivity index (χ0) is 22.9. The molecule has 166 valence electrons. The van der Waals surface area contributed by atoms with E-state index in [1.165, 1.54) is 27.7 Å². The summed E-state index contributed by atoms with van der Waals surface area (Å²) < 4.78 is 0. The first-order valence-electron chi connectivity index (χ1n) is 9.51. The average Bonchev–Trinajstić information content (AvgIpc) is 2.64. The van der Waals surface area contributed by atoms with Crippen LogP contribution < -0.4 is 27.0 Å². The van der Waals surface area contributed by atoms with Crippen LogP contribution in [0, 0.1) is 5.92 Å². The molecule has 0 radical (unpaired) electrons. The largest absolute Gasteiger partial charge is 0.480 e. The number of hydrogen-bond acceptors (Lipinski definition) is 6. The quantitative estimate of drug-likeness (QED) is 0.237. The van der Waals surface area contributed by atoms with Gasteiger partial charge in [0.15, 0.2) is 0 Å². The Kier molecular flexibility index (Phi) is 10.9. The van der Waals surface area contributed by atoms with E-state index in [-0.39, 0.29) is 5.92 Å². The number of aliphatic carboxylic acids is 1. The molecule has 0 saturated heterocycles. The van der Waals surface area contributed by atoms with Gasteiger partial charge in [0, 0.05) is 0 Å². The summed E-state index contributed by atoms with van der Waals surface area (Å²) in [7, 11) is 0. The number of amides is 4. The van der Waals surface area contributed by atoms with Crippen LogP contribution in [0.3, 0.4) is 0 Å². The van der Waals surface area contributed by atoms with E-state index < -0.39 is 59.8 Å². The molecule has 4 amide bonds. The molecule has 0 aliphatic heterocycles. The lowest BCUT2D eigenvalue weighted by Crippen LogP contribution is -2.57. The molecular weight excluding hydrogens is 382 g/mol. The third-order valence-corrected chi connectivity index (χ3v) is 4.45. The van der Waals surface area contributed by atoms with Crippen molar-refractivity contribution in [3.63, 3.8) is 0 Å². The van der Waals surface area contributed by atoms with Crippen LogP contribution in [0.2, 0.25) is 0 Å². The summed E-state index contributed by atoms with van der Waals surface area (Å²) in [6.07, 6.45) is 0.554. The summed E-state index contributed by atoms with van der Waals surface area (Å²) in [5, 5.41) is 18.9. The van der Waals surface area contributed by atoms with Crippen LogP contribution in [0.15, 0.2) is 0 Å². The van der Waals surface area contributed by atoms with Crippen molar-refractivity contribution < 1.29 is 29.1 Å². The lowest BCUT2D eigenvalue weighted by atomic mass is 9.99. The van der Waals surface area contributed by atoms with E-state index in [9.17, 15) is 29.1 Å². The highest BCUT2D eigenvalue weighted by Gasteiger charge is 2.29. The van der Waals surface area contributed by atoms with E-state index in [0.717, 1.165) is 0 Å². The van der Waals surface area contributed by atoms with Crippen molar-refractivity contribution >= 4 is 29.6 Å². The van der Waals surface area contributed by atoms with Gasteiger partial charge in [-0.1, -0.05) is 20.3 Å². The van der Waals surface area contributed by atoms with Crippen LogP contribution in [0.5, 0.6) is 0 Å². The number of carbonyl (C=O) groups is 5. The Morgan fingerprint density at radius 2 is 1.07 bits per heavy atom. The highest BCUT2D eigenvalue weighted by molar-refractivity contribution is 5.94. The monoisotopic (exact) mass is 415 g/mol. The highest BCUT2D eigenvalue weighted by Crippen LogP contribution is 2.08. The van der Waals surface area contributed by atoms with Gasteiger partial charge in [-0.25, -0.2) is 4.79 Å². The van der Waals surface area contributed by atoms with Crippen LogP contribution in [0.1, 0.15) is 48.0 Å². The number of nitrogens with one attached hydrogen (secondary N) is 4. The van der Waals surface area contributed by atoms with Crippen LogP contribution in [0.4, 0.5) is 0 Å². The third-order valence-electron chi connectivity index (χ3n) is 4.45. The Morgan fingerprint density at radius 3 is 1.38 bits per heavy atom. The van der Waals surface area contributed by atoms with Crippen molar-refractivity contribution in [2.75, 3.05) is 0 Å². The highest BCUT2D eigenvalue weighted by atomic mass is 16.4. The van der Waals surface area contributed by atoms with E-state index in [0.29, 0.717) is 6.42 Å². The number of nitrogens with two attached hydrogens (primary N) is 1. The Morgan fingerprint density at radius 1 is 0.724 bits per heavy atom. The molecule has 0 bridgehead atoms. The van der Waals surface area contributed by atoms with Crippen LogP contribution in [0.25, 0.3) is 0 Å². The lowest BCUT2D eigenvalue weighted by Gasteiger charge is -2.24. The Hall–Kier alpha value is -2.69. The molecule has 0 fully saturated rings. The van der Waals surface area contributed by atoms with E-state index in [1.54, 1.807) is 13.8 Å². The normalized spacial score (nSPS) is 16.9. The lowest BCUT2D eigenvalue weighted by molar-refractivity contribution is -0.143. The van der Waals surface area contributed by atoms with Crippen molar-refractivity contribution in [3.8, 4) is 0 Å². The van der Waals surface area contributed by atoms with Gasteiger partial charge in [0.25, 0.3) is 0 Å². The summed E-state index contributed by atoms with van der Waals surface area (Å²) >= 11 is 0. The fourth-order valence-corrected chi connectivity index (χ4v) is 2.18. The molecule has 0 aliphatic carbocycles. The molecule has 11 nitrogen and oxygen atoms in total. The minimum Gasteiger partial charge on any atom is -0.480 e. The number of carboxylic acid groups (broad SMARTS) is 1. The van der Waals surface area contributed by atoms with E-state index in [4.69, 9.17) is 5.73 Å². The van der Waals surface area contributed by atoms with Crippen molar-refractivity contribution in [1.29, 1.82) is 0 Å². The van der Waals surface area contributed by atoms with Gasteiger partial charge in [0.2, 0.25) is 23.6 Å². The first-order chi connectivity index (χ1) is 13.3. The summed E-state index contributed by atoms with van der Waals surface area (Å²) in [5.41, 5.74) is 5.42. The maximum absolute atomic E-state index is 12.2. The van der Waals surface area contributed by atoms with Gasteiger partial charge in [0.05, 0.1) is 6.04 Å². The predicted molar refractivity (Wildman–Crippen MR) is 105 cm³/mol. The van der Waals surface area contributed by atoms with Gasteiger partial charge < -0.3 is 32.1 Å². The molecule has 29 heavy (non-hydrogen) atoms. The maximum atomic E-state index is 12.2. The second kappa shape index (κ2) is 12.0. The molecule has 0 aliphatic rings. The molecule has 0 heterocycles. The van der Waals surface area contributed by atoms with Gasteiger partial charge in [0.1, 0.15) is 24.2 Å². The number of rotatable bonds is 11. The molecule has 0 spiro atoms. The van der Waals surface area contributed by atoms with Gasteiger partial charge in [-0.15, -0.1) is 0 Å². The van der Waals surface area contributed by atoms with Gasteiger partial charge in [-0.05, 0) is 33.6 Å². The van der Waals surface area contributed by atoms with Crippen LogP contribution in [-0.2, 0) is 24.0 Å². The molecule has 0 rings (SSSR count). The zero-order valence-electron chi connectivity index (χ0n) is 17.7. The first kappa shape index (κ1) is 26.3. The van der Waals surface area contributed by atoms with Crippen molar-refractivity contribution in [2.45, 2.75) is 78.2 Å².